The molecule has 1 fully saturated rings. The number of carbonyl (C=O) groups is 2. The lowest BCUT2D eigenvalue weighted by Crippen LogP contribution is -2.40. The standard InChI is InChI=1S/C19H17ClN4O2/c1-12-3-5-13(6-4-12)19(2)17(25)24(18(26)22-19)11-15-10-23-9-14(20)7-8-16(23)21-15/h3-10H,11H2,1-2H3,(H,22,26). The fraction of sp³-hybridized carbons (Fsp3) is 0.211. The molecule has 6 nitrogen and oxygen atoms in total. The molecule has 26 heavy (non-hydrogen) atoms. The Morgan fingerprint density at radius 2 is 1.85 bits per heavy atom. The maximum atomic E-state index is 13.0. The van der Waals surface area contributed by atoms with E-state index in [1.807, 2.05) is 31.2 Å². The van der Waals surface area contributed by atoms with Crippen molar-refractivity contribution in [1.29, 1.82) is 0 Å². The molecule has 1 atom stereocenters. The molecular weight excluding hydrogens is 352 g/mol. The second-order valence-corrected chi connectivity index (χ2v) is 7.09. The van der Waals surface area contributed by atoms with Crippen molar-refractivity contribution in [3.05, 3.63) is 70.6 Å². The average Bonchev–Trinajstić information content (AvgIpc) is 3.09. The zero-order chi connectivity index (χ0) is 18.5. The van der Waals surface area contributed by atoms with Crippen molar-refractivity contribution in [1.82, 2.24) is 19.6 Å². The smallest absolute Gasteiger partial charge is 0.319 e. The molecular formula is C19H17ClN4O2. The molecule has 3 amide bonds. The molecule has 0 spiro atoms. The molecule has 0 radical (unpaired) electrons. The van der Waals surface area contributed by atoms with Crippen LogP contribution in [0.2, 0.25) is 5.02 Å². The molecule has 1 unspecified atom stereocenters. The zero-order valence-corrected chi connectivity index (χ0v) is 15.1. The van der Waals surface area contributed by atoms with Gasteiger partial charge in [-0.1, -0.05) is 41.4 Å². The number of benzene rings is 1. The molecule has 3 heterocycles. The van der Waals surface area contributed by atoms with Crippen molar-refractivity contribution in [3.8, 4) is 0 Å². The van der Waals surface area contributed by atoms with Crippen LogP contribution in [0.5, 0.6) is 0 Å². The van der Waals surface area contributed by atoms with E-state index in [4.69, 9.17) is 11.6 Å². The largest absolute Gasteiger partial charge is 0.325 e. The average molecular weight is 369 g/mol. The maximum absolute atomic E-state index is 13.0. The van der Waals surface area contributed by atoms with Gasteiger partial charge in [0.2, 0.25) is 0 Å². The van der Waals surface area contributed by atoms with E-state index >= 15 is 0 Å². The summed E-state index contributed by atoms with van der Waals surface area (Å²) in [5.41, 5.74) is 2.09. The highest BCUT2D eigenvalue weighted by atomic mass is 35.5. The van der Waals surface area contributed by atoms with Crippen LogP contribution in [0.1, 0.15) is 23.7 Å². The highest BCUT2D eigenvalue weighted by molar-refractivity contribution is 6.30. The number of nitrogens with zero attached hydrogens (tertiary/aromatic N) is 3. The second kappa shape index (κ2) is 5.85. The van der Waals surface area contributed by atoms with Gasteiger partial charge in [-0.15, -0.1) is 0 Å². The van der Waals surface area contributed by atoms with E-state index in [1.54, 1.807) is 35.9 Å². The van der Waals surface area contributed by atoms with Crippen molar-refractivity contribution >= 4 is 29.2 Å². The van der Waals surface area contributed by atoms with Crippen LogP contribution in [0.25, 0.3) is 5.65 Å². The van der Waals surface area contributed by atoms with Crippen LogP contribution < -0.4 is 5.32 Å². The molecule has 3 aromatic rings. The van der Waals surface area contributed by atoms with Crippen LogP contribution in [0, 0.1) is 6.92 Å². The number of halogens is 1. The molecule has 1 N–H and O–H groups in total. The first-order chi connectivity index (χ1) is 12.4. The number of rotatable bonds is 3. The van der Waals surface area contributed by atoms with Gasteiger partial charge in [0.05, 0.1) is 17.3 Å². The number of hydrogen-bond donors (Lipinski definition) is 1. The van der Waals surface area contributed by atoms with Gasteiger partial charge in [-0.25, -0.2) is 9.78 Å². The number of fused-ring (bicyclic) bond motifs is 1. The van der Waals surface area contributed by atoms with E-state index in [1.165, 1.54) is 4.90 Å². The molecule has 1 aliphatic heterocycles. The molecule has 0 bridgehead atoms. The normalized spacial score (nSPS) is 20.0. The lowest BCUT2D eigenvalue weighted by Gasteiger charge is -2.22. The molecule has 1 saturated heterocycles. The molecule has 4 rings (SSSR count). The summed E-state index contributed by atoms with van der Waals surface area (Å²) in [6.07, 6.45) is 3.50. The molecule has 7 heteroatoms. The number of nitrogens with one attached hydrogen (secondary N) is 1. The molecule has 1 aromatic carbocycles. The minimum Gasteiger partial charge on any atom is -0.319 e. The van der Waals surface area contributed by atoms with Gasteiger partial charge < -0.3 is 9.72 Å². The molecule has 2 aromatic heterocycles. The minimum absolute atomic E-state index is 0.103. The summed E-state index contributed by atoms with van der Waals surface area (Å²) in [4.78, 5) is 31.1. The molecule has 1 aliphatic rings. The number of imide groups is 1. The summed E-state index contributed by atoms with van der Waals surface area (Å²) in [7, 11) is 0. The van der Waals surface area contributed by atoms with Crippen LogP contribution in [0.4, 0.5) is 4.79 Å². The van der Waals surface area contributed by atoms with Gasteiger partial charge in [0.1, 0.15) is 11.2 Å². The number of hydrogen-bond acceptors (Lipinski definition) is 3. The van der Waals surface area contributed by atoms with Crippen LogP contribution >= 0.6 is 11.6 Å². The second-order valence-electron chi connectivity index (χ2n) is 6.66. The Morgan fingerprint density at radius 3 is 2.58 bits per heavy atom. The Morgan fingerprint density at radius 1 is 1.12 bits per heavy atom. The summed E-state index contributed by atoms with van der Waals surface area (Å²) in [5.74, 6) is -0.290. The number of amides is 3. The van der Waals surface area contributed by atoms with Gasteiger partial charge in [-0.2, -0.15) is 0 Å². The third kappa shape index (κ3) is 2.63. The first kappa shape index (κ1) is 16.6. The van der Waals surface area contributed by atoms with Crippen LogP contribution in [0.15, 0.2) is 48.8 Å². The summed E-state index contributed by atoms with van der Waals surface area (Å²) in [6, 6.07) is 10.7. The van der Waals surface area contributed by atoms with Crippen LogP contribution in [-0.4, -0.2) is 26.2 Å². The van der Waals surface area contributed by atoms with E-state index in [0.29, 0.717) is 16.4 Å². The van der Waals surface area contributed by atoms with Gasteiger partial charge in [0.25, 0.3) is 5.91 Å². The quantitative estimate of drug-likeness (QED) is 0.721. The first-order valence-electron chi connectivity index (χ1n) is 8.21. The number of aromatic nitrogens is 2. The van der Waals surface area contributed by atoms with E-state index in [-0.39, 0.29) is 12.5 Å². The lowest BCUT2D eigenvalue weighted by molar-refractivity contribution is -0.131. The molecule has 0 aliphatic carbocycles. The summed E-state index contributed by atoms with van der Waals surface area (Å²) < 4.78 is 1.77. The van der Waals surface area contributed by atoms with Crippen molar-refractivity contribution in [2.24, 2.45) is 0 Å². The SMILES string of the molecule is Cc1ccc(C2(C)NC(=O)N(Cc3cn4cc(Cl)ccc4n3)C2=O)cc1. The predicted octanol–water partition coefficient (Wildman–Crippen LogP) is 3.26. The first-order valence-corrected chi connectivity index (χ1v) is 8.59. The van der Waals surface area contributed by atoms with E-state index in [9.17, 15) is 9.59 Å². The van der Waals surface area contributed by atoms with Gasteiger partial charge >= 0.3 is 6.03 Å². The minimum atomic E-state index is -1.08. The highest BCUT2D eigenvalue weighted by Gasteiger charge is 2.49. The Labute approximate surface area is 155 Å². The fourth-order valence-electron chi connectivity index (χ4n) is 3.18. The Kier molecular flexibility index (Phi) is 3.73. The topological polar surface area (TPSA) is 66.7 Å². The molecule has 132 valence electrons. The van der Waals surface area contributed by atoms with Crippen molar-refractivity contribution < 1.29 is 9.59 Å². The van der Waals surface area contributed by atoms with E-state index in [2.05, 4.69) is 10.3 Å². The zero-order valence-electron chi connectivity index (χ0n) is 14.4. The van der Waals surface area contributed by atoms with E-state index in [0.717, 1.165) is 11.1 Å². The van der Waals surface area contributed by atoms with Crippen molar-refractivity contribution in [3.63, 3.8) is 0 Å². The van der Waals surface area contributed by atoms with E-state index < -0.39 is 11.6 Å². The number of carbonyl (C=O) groups excluding carboxylic acids is 2. The highest BCUT2D eigenvalue weighted by Crippen LogP contribution is 2.30. The summed E-state index contributed by atoms with van der Waals surface area (Å²) in [6.45, 7) is 3.80. The van der Waals surface area contributed by atoms with Crippen molar-refractivity contribution in [2.75, 3.05) is 0 Å². The fourth-order valence-corrected chi connectivity index (χ4v) is 3.35. The number of aryl methyl sites for hydroxylation is 1. The van der Waals surface area contributed by atoms with Gasteiger partial charge in [-0.05, 0) is 31.5 Å². The Bertz CT molecular complexity index is 1030. The third-order valence-electron chi connectivity index (χ3n) is 4.69. The Balaban J connectivity index is 1.63. The lowest BCUT2D eigenvalue weighted by atomic mass is 9.91. The van der Waals surface area contributed by atoms with Crippen LogP contribution in [-0.2, 0) is 16.9 Å². The van der Waals surface area contributed by atoms with Crippen molar-refractivity contribution in [2.45, 2.75) is 25.9 Å². The van der Waals surface area contributed by atoms with Gasteiger partial charge in [0.15, 0.2) is 0 Å². The Hall–Kier alpha value is -2.86. The molecule has 0 saturated carbocycles. The number of urea groups is 1. The third-order valence-corrected chi connectivity index (χ3v) is 4.91. The number of imidazole rings is 1. The summed E-state index contributed by atoms with van der Waals surface area (Å²) >= 11 is 5.98. The van der Waals surface area contributed by atoms with Gasteiger partial charge in [-0.3, -0.25) is 9.69 Å². The monoisotopic (exact) mass is 368 g/mol. The van der Waals surface area contributed by atoms with Crippen LogP contribution in [0.3, 0.4) is 0 Å². The number of pyridine rings is 1. The summed E-state index contributed by atoms with van der Waals surface area (Å²) in [5, 5.41) is 3.40. The predicted molar refractivity (Wildman–Crippen MR) is 97.8 cm³/mol. The maximum Gasteiger partial charge on any atom is 0.325 e. The van der Waals surface area contributed by atoms with Gasteiger partial charge in [0, 0.05) is 12.4 Å².